The molecule has 0 aliphatic heterocycles. The molecule has 0 spiro atoms. The van der Waals surface area contributed by atoms with Gasteiger partial charge in [-0.05, 0) is 44.2 Å². The molecule has 0 aromatic carbocycles. The Hall–Kier alpha value is -2.70. The first-order chi connectivity index (χ1) is 13.1. The molecule has 0 bridgehead atoms. The van der Waals surface area contributed by atoms with Crippen LogP contribution in [0, 0.1) is 6.92 Å². The minimum atomic E-state index is -0.197. The van der Waals surface area contributed by atoms with E-state index in [1.54, 1.807) is 12.3 Å². The van der Waals surface area contributed by atoms with Crippen molar-refractivity contribution in [3.63, 3.8) is 0 Å². The van der Waals surface area contributed by atoms with Crippen molar-refractivity contribution in [2.75, 3.05) is 0 Å². The number of pyridine rings is 1. The SMILES string of the molecule is Cc1ccc(C(=O)NC2CCc3onc(C(=O)NC4CCCC4)c3C2)nc1. The van der Waals surface area contributed by atoms with Gasteiger partial charge < -0.3 is 15.2 Å². The van der Waals surface area contributed by atoms with Crippen LogP contribution in [-0.4, -0.2) is 34.0 Å². The molecule has 142 valence electrons. The van der Waals surface area contributed by atoms with Crippen LogP contribution in [0.15, 0.2) is 22.9 Å². The molecule has 2 N–H and O–H groups in total. The molecule has 2 heterocycles. The Labute approximate surface area is 157 Å². The van der Waals surface area contributed by atoms with E-state index >= 15 is 0 Å². The Morgan fingerprint density at radius 1 is 1.07 bits per heavy atom. The van der Waals surface area contributed by atoms with E-state index in [0.717, 1.165) is 49.0 Å². The summed E-state index contributed by atoms with van der Waals surface area (Å²) < 4.78 is 5.39. The fourth-order valence-corrected chi connectivity index (χ4v) is 3.89. The third-order valence-corrected chi connectivity index (χ3v) is 5.42. The lowest BCUT2D eigenvalue weighted by atomic mass is 9.91. The Bertz CT molecular complexity index is 837. The fourth-order valence-electron chi connectivity index (χ4n) is 3.89. The molecule has 1 saturated carbocycles. The van der Waals surface area contributed by atoms with Gasteiger partial charge in [-0.1, -0.05) is 24.1 Å². The van der Waals surface area contributed by atoms with Crippen LogP contribution in [0.1, 0.15) is 70.0 Å². The lowest BCUT2D eigenvalue weighted by molar-refractivity contribution is 0.0923. The van der Waals surface area contributed by atoms with Gasteiger partial charge in [-0.15, -0.1) is 0 Å². The zero-order valence-electron chi connectivity index (χ0n) is 15.5. The van der Waals surface area contributed by atoms with Gasteiger partial charge in [-0.3, -0.25) is 14.6 Å². The van der Waals surface area contributed by atoms with Crippen LogP contribution in [0.25, 0.3) is 0 Å². The van der Waals surface area contributed by atoms with Crippen molar-refractivity contribution in [3.8, 4) is 0 Å². The normalized spacial score (nSPS) is 19.5. The predicted octanol–water partition coefficient (Wildman–Crippen LogP) is 2.34. The summed E-state index contributed by atoms with van der Waals surface area (Å²) in [6, 6.07) is 3.76. The monoisotopic (exact) mass is 368 g/mol. The van der Waals surface area contributed by atoms with E-state index in [4.69, 9.17) is 4.52 Å². The average molecular weight is 368 g/mol. The molecule has 27 heavy (non-hydrogen) atoms. The Morgan fingerprint density at radius 3 is 2.59 bits per heavy atom. The maximum absolute atomic E-state index is 12.6. The fraction of sp³-hybridized carbons (Fsp3) is 0.500. The quantitative estimate of drug-likeness (QED) is 0.863. The van der Waals surface area contributed by atoms with Gasteiger partial charge in [0, 0.05) is 30.3 Å². The summed E-state index contributed by atoms with van der Waals surface area (Å²) in [6.07, 6.45) is 7.99. The first kappa shape index (κ1) is 17.7. The highest BCUT2D eigenvalue weighted by molar-refractivity contribution is 5.94. The molecular weight excluding hydrogens is 344 g/mol. The molecule has 0 radical (unpaired) electrons. The predicted molar refractivity (Wildman–Crippen MR) is 98.5 cm³/mol. The van der Waals surface area contributed by atoms with Crippen LogP contribution in [0.4, 0.5) is 0 Å². The molecule has 1 fully saturated rings. The van der Waals surface area contributed by atoms with Crippen LogP contribution in [-0.2, 0) is 12.8 Å². The number of rotatable bonds is 4. The highest BCUT2D eigenvalue weighted by Crippen LogP contribution is 2.26. The minimum Gasteiger partial charge on any atom is -0.360 e. The largest absolute Gasteiger partial charge is 0.360 e. The number of nitrogens with one attached hydrogen (secondary N) is 2. The molecule has 2 aliphatic rings. The molecule has 4 rings (SSSR count). The minimum absolute atomic E-state index is 0.0643. The van der Waals surface area contributed by atoms with Gasteiger partial charge in [0.1, 0.15) is 11.5 Å². The number of aromatic nitrogens is 2. The second kappa shape index (κ2) is 7.50. The number of hydrogen-bond acceptors (Lipinski definition) is 5. The molecule has 1 unspecified atom stereocenters. The smallest absolute Gasteiger partial charge is 0.273 e. The van der Waals surface area contributed by atoms with Crippen molar-refractivity contribution in [1.82, 2.24) is 20.8 Å². The second-order valence-corrected chi connectivity index (χ2v) is 7.52. The topological polar surface area (TPSA) is 97.1 Å². The van der Waals surface area contributed by atoms with Crippen molar-refractivity contribution in [1.29, 1.82) is 0 Å². The van der Waals surface area contributed by atoms with E-state index in [9.17, 15) is 9.59 Å². The van der Waals surface area contributed by atoms with Crippen molar-refractivity contribution < 1.29 is 14.1 Å². The number of fused-ring (bicyclic) bond motifs is 1. The van der Waals surface area contributed by atoms with Gasteiger partial charge in [0.05, 0.1) is 0 Å². The van der Waals surface area contributed by atoms with Gasteiger partial charge >= 0.3 is 0 Å². The zero-order chi connectivity index (χ0) is 18.8. The van der Waals surface area contributed by atoms with Crippen LogP contribution < -0.4 is 10.6 Å². The lowest BCUT2D eigenvalue weighted by Crippen LogP contribution is -2.40. The molecule has 7 nitrogen and oxygen atoms in total. The molecule has 2 aromatic heterocycles. The summed E-state index contributed by atoms with van der Waals surface area (Å²) in [4.78, 5) is 29.2. The summed E-state index contributed by atoms with van der Waals surface area (Å²) in [5, 5.41) is 10.1. The third kappa shape index (κ3) is 3.86. The van der Waals surface area contributed by atoms with Crippen molar-refractivity contribution in [3.05, 3.63) is 46.6 Å². The van der Waals surface area contributed by atoms with Crippen molar-refractivity contribution in [2.24, 2.45) is 0 Å². The van der Waals surface area contributed by atoms with Crippen molar-refractivity contribution in [2.45, 2.75) is 64.0 Å². The highest BCUT2D eigenvalue weighted by atomic mass is 16.5. The van der Waals surface area contributed by atoms with Gasteiger partial charge in [0.2, 0.25) is 0 Å². The van der Waals surface area contributed by atoms with Gasteiger partial charge in [-0.2, -0.15) is 0 Å². The van der Waals surface area contributed by atoms with E-state index in [1.807, 2.05) is 13.0 Å². The number of carbonyl (C=O) groups is 2. The highest BCUT2D eigenvalue weighted by Gasteiger charge is 2.30. The standard InChI is InChI=1S/C20H24N4O3/c1-12-6-8-16(21-11-12)19(25)23-14-7-9-17-15(10-14)18(24-27-17)20(26)22-13-4-2-3-5-13/h6,8,11,13-14H,2-5,7,9-10H2,1H3,(H,22,26)(H,23,25). The number of aryl methyl sites for hydroxylation is 2. The van der Waals surface area contributed by atoms with E-state index in [1.165, 1.54) is 0 Å². The third-order valence-electron chi connectivity index (χ3n) is 5.42. The first-order valence-electron chi connectivity index (χ1n) is 9.62. The molecule has 2 aromatic rings. The van der Waals surface area contributed by atoms with Gasteiger partial charge in [0.25, 0.3) is 11.8 Å². The molecular formula is C20H24N4O3. The number of nitrogens with zero attached hydrogens (tertiary/aromatic N) is 2. The average Bonchev–Trinajstić information content (AvgIpc) is 3.31. The van der Waals surface area contributed by atoms with Crippen LogP contribution >= 0.6 is 0 Å². The summed E-state index contributed by atoms with van der Waals surface area (Å²) in [6.45, 7) is 1.93. The Kier molecular flexibility index (Phi) is 4.92. The molecule has 2 aliphatic carbocycles. The zero-order valence-corrected chi connectivity index (χ0v) is 15.5. The van der Waals surface area contributed by atoms with E-state index < -0.39 is 0 Å². The van der Waals surface area contributed by atoms with Crippen molar-refractivity contribution >= 4 is 11.8 Å². The van der Waals surface area contributed by atoms with Crippen LogP contribution in [0.2, 0.25) is 0 Å². The van der Waals surface area contributed by atoms with Gasteiger partial charge in [-0.25, -0.2) is 0 Å². The Balaban J connectivity index is 1.42. The summed E-state index contributed by atoms with van der Waals surface area (Å²) in [7, 11) is 0. The second-order valence-electron chi connectivity index (χ2n) is 7.52. The molecule has 0 saturated heterocycles. The maximum Gasteiger partial charge on any atom is 0.273 e. The summed E-state index contributed by atoms with van der Waals surface area (Å²) >= 11 is 0. The van der Waals surface area contributed by atoms with Crippen LogP contribution in [0.5, 0.6) is 0 Å². The lowest BCUT2D eigenvalue weighted by Gasteiger charge is -2.22. The van der Waals surface area contributed by atoms with E-state index in [-0.39, 0.29) is 23.9 Å². The number of amides is 2. The first-order valence-corrected chi connectivity index (χ1v) is 9.62. The molecule has 7 heteroatoms. The summed E-state index contributed by atoms with van der Waals surface area (Å²) in [5.41, 5.74) is 2.59. The maximum atomic E-state index is 12.6. The van der Waals surface area contributed by atoms with Gasteiger partial charge in [0.15, 0.2) is 5.69 Å². The molecule has 1 atom stereocenters. The van der Waals surface area contributed by atoms with Crippen LogP contribution in [0.3, 0.4) is 0 Å². The summed E-state index contributed by atoms with van der Waals surface area (Å²) in [5.74, 6) is 0.390. The Morgan fingerprint density at radius 2 is 1.85 bits per heavy atom. The van der Waals surface area contributed by atoms with E-state index in [2.05, 4.69) is 20.8 Å². The van der Waals surface area contributed by atoms with E-state index in [0.29, 0.717) is 24.2 Å². The number of hydrogen-bond donors (Lipinski definition) is 2. The molecule has 2 amide bonds. The number of carbonyl (C=O) groups excluding carboxylic acids is 2.